The molecular formula is C32H40N8O4S. The van der Waals surface area contributed by atoms with Gasteiger partial charge in [0, 0.05) is 67.4 Å². The summed E-state index contributed by atoms with van der Waals surface area (Å²) in [7, 11) is 3.81. The number of aromatic nitrogens is 6. The Kier molecular flexibility index (Phi) is 9.22. The number of benzene rings is 1. The molecule has 3 aromatic heterocycles. The molecule has 0 saturated carbocycles. The van der Waals surface area contributed by atoms with Crippen molar-refractivity contribution in [3.05, 3.63) is 64.7 Å². The van der Waals surface area contributed by atoms with Crippen LogP contribution in [0.25, 0.3) is 16.6 Å². The van der Waals surface area contributed by atoms with Gasteiger partial charge in [0.1, 0.15) is 22.8 Å². The van der Waals surface area contributed by atoms with E-state index in [9.17, 15) is 9.35 Å². The molecular weight excluding hydrogens is 592 g/mol. The zero-order chi connectivity index (χ0) is 31.7. The summed E-state index contributed by atoms with van der Waals surface area (Å²) in [5.41, 5.74) is 2.72. The molecule has 12 nitrogen and oxygen atoms in total. The van der Waals surface area contributed by atoms with Gasteiger partial charge in [-0.1, -0.05) is 11.8 Å². The van der Waals surface area contributed by atoms with Gasteiger partial charge in [-0.25, -0.2) is 9.67 Å². The molecule has 2 fully saturated rings. The van der Waals surface area contributed by atoms with Gasteiger partial charge in [-0.05, 0) is 82.0 Å². The summed E-state index contributed by atoms with van der Waals surface area (Å²) in [6.07, 6.45) is 4.52. The average Bonchev–Trinajstić information content (AvgIpc) is 3.62. The number of pyridine rings is 1. The minimum Gasteiger partial charge on any atom is -0.610 e. The summed E-state index contributed by atoms with van der Waals surface area (Å²) in [6, 6.07) is 9.52. The van der Waals surface area contributed by atoms with Gasteiger partial charge < -0.3 is 24.2 Å². The maximum atomic E-state index is 14.2. The van der Waals surface area contributed by atoms with Gasteiger partial charge in [-0.2, -0.15) is 4.98 Å². The number of allylic oxidation sites excluding steroid dienone is 1. The van der Waals surface area contributed by atoms with Crippen LogP contribution in [0.3, 0.4) is 0 Å². The molecule has 5 heterocycles. The number of rotatable bonds is 10. The SMILES string of the molecule is C=C(c1cc2cnc(Nc3ccc(OC4CCN(C)C4)cc3)nc2n(Cc2nnn(C)c2[S+]([O-])C(C)C)c1=O)C1CCOCC1. The Morgan fingerprint density at radius 3 is 2.64 bits per heavy atom. The monoisotopic (exact) mass is 632 g/mol. The fraction of sp³-hybridized carbons (Fsp3) is 0.469. The second kappa shape index (κ2) is 13.3. The predicted octanol–water partition coefficient (Wildman–Crippen LogP) is 3.75. The van der Waals surface area contributed by atoms with Crippen molar-refractivity contribution in [3.8, 4) is 5.75 Å². The van der Waals surface area contributed by atoms with E-state index < -0.39 is 11.2 Å². The van der Waals surface area contributed by atoms with Crippen molar-refractivity contribution in [1.29, 1.82) is 0 Å². The molecule has 0 bridgehead atoms. The molecule has 1 aromatic carbocycles. The molecule has 0 aliphatic carbocycles. The van der Waals surface area contributed by atoms with Gasteiger partial charge in [-0.15, -0.1) is 5.10 Å². The van der Waals surface area contributed by atoms with Gasteiger partial charge in [0.15, 0.2) is 5.69 Å². The molecule has 238 valence electrons. The quantitative estimate of drug-likeness (QED) is 0.258. The van der Waals surface area contributed by atoms with Crippen LogP contribution in [0.1, 0.15) is 44.4 Å². The summed E-state index contributed by atoms with van der Waals surface area (Å²) in [4.78, 5) is 25.8. The Labute approximate surface area is 265 Å². The summed E-state index contributed by atoms with van der Waals surface area (Å²) in [6.45, 7) is 11.4. The highest BCUT2D eigenvalue weighted by molar-refractivity contribution is 7.92. The van der Waals surface area contributed by atoms with Crippen LogP contribution in [0.2, 0.25) is 0 Å². The van der Waals surface area contributed by atoms with Crippen LogP contribution in [-0.4, -0.2) is 83.7 Å². The zero-order valence-corrected chi connectivity index (χ0v) is 27.0. The first-order chi connectivity index (χ1) is 21.7. The average molecular weight is 633 g/mol. The van der Waals surface area contributed by atoms with E-state index in [0.717, 1.165) is 49.4 Å². The third-order valence-corrected chi connectivity index (χ3v) is 10.2. The number of anilines is 2. The summed E-state index contributed by atoms with van der Waals surface area (Å²) < 4.78 is 28.0. The van der Waals surface area contributed by atoms with E-state index >= 15 is 0 Å². The molecule has 0 radical (unpaired) electrons. The first kappa shape index (κ1) is 31.2. The van der Waals surface area contributed by atoms with Crippen molar-refractivity contribution < 1.29 is 14.0 Å². The fourth-order valence-corrected chi connectivity index (χ4v) is 6.98. The Morgan fingerprint density at radius 1 is 1.20 bits per heavy atom. The molecule has 2 aliphatic rings. The Bertz CT molecular complexity index is 1730. The lowest BCUT2D eigenvalue weighted by Gasteiger charge is -2.24. The molecule has 0 spiro atoms. The fourth-order valence-electron chi connectivity index (χ4n) is 5.90. The van der Waals surface area contributed by atoms with E-state index in [1.807, 2.05) is 44.2 Å². The van der Waals surface area contributed by atoms with Gasteiger partial charge in [0.2, 0.25) is 5.95 Å². The van der Waals surface area contributed by atoms with Crippen LogP contribution in [0, 0.1) is 5.92 Å². The van der Waals surface area contributed by atoms with E-state index in [-0.39, 0.29) is 29.4 Å². The first-order valence-electron chi connectivity index (χ1n) is 15.4. The van der Waals surface area contributed by atoms with Gasteiger partial charge in [0.25, 0.3) is 10.6 Å². The Balaban J connectivity index is 1.35. The number of fused-ring (bicyclic) bond motifs is 1. The van der Waals surface area contributed by atoms with Crippen molar-refractivity contribution in [3.63, 3.8) is 0 Å². The second-order valence-electron chi connectivity index (χ2n) is 12.1. The summed E-state index contributed by atoms with van der Waals surface area (Å²) in [5.74, 6) is 1.29. The number of likely N-dealkylation sites (tertiary alicyclic amines) is 1. The van der Waals surface area contributed by atoms with Crippen molar-refractivity contribution in [1.82, 2.24) is 34.4 Å². The third-order valence-electron chi connectivity index (χ3n) is 8.42. The lowest BCUT2D eigenvalue weighted by Crippen LogP contribution is -2.28. The number of hydrogen-bond acceptors (Lipinski definition) is 10. The number of hydrogen-bond donors (Lipinski definition) is 1. The molecule has 2 unspecified atom stereocenters. The minimum absolute atomic E-state index is 0.0463. The zero-order valence-electron chi connectivity index (χ0n) is 26.2. The van der Waals surface area contributed by atoms with Gasteiger partial charge in [0.05, 0.1) is 6.54 Å². The topological polar surface area (TPSA) is 135 Å². The summed E-state index contributed by atoms with van der Waals surface area (Å²) >= 11 is -1.36. The van der Waals surface area contributed by atoms with Crippen LogP contribution in [-0.2, 0) is 29.5 Å². The van der Waals surface area contributed by atoms with Gasteiger partial charge >= 0.3 is 0 Å². The maximum Gasteiger partial charge on any atom is 0.268 e. The van der Waals surface area contributed by atoms with E-state index in [1.165, 1.54) is 4.68 Å². The van der Waals surface area contributed by atoms with Crippen LogP contribution >= 0.6 is 0 Å². The third kappa shape index (κ3) is 6.76. The highest BCUT2D eigenvalue weighted by atomic mass is 32.2. The maximum absolute atomic E-state index is 14.2. The molecule has 2 saturated heterocycles. The predicted molar refractivity (Wildman–Crippen MR) is 174 cm³/mol. The number of nitrogens with one attached hydrogen (secondary N) is 1. The van der Waals surface area contributed by atoms with Crippen LogP contribution in [0.15, 0.2) is 52.9 Å². The van der Waals surface area contributed by atoms with Crippen molar-refractivity contribution in [2.75, 3.05) is 38.7 Å². The van der Waals surface area contributed by atoms with E-state index in [0.29, 0.717) is 46.5 Å². The van der Waals surface area contributed by atoms with E-state index in [4.69, 9.17) is 14.5 Å². The smallest absolute Gasteiger partial charge is 0.268 e. The number of likely N-dealkylation sites (N-methyl/N-ethyl adjacent to an activating group) is 1. The number of ether oxygens (including phenoxy) is 2. The van der Waals surface area contributed by atoms with Crippen LogP contribution < -0.4 is 15.6 Å². The van der Waals surface area contributed by atoms with Crippen molar-refractivity contribution in [2.24, 2.45) is 13.0 Å². The highest BCUT2D eigenvalue weighted by Gasteiger charge is 2.28. The number of aryl methyl sites for hydroxylation is 1. The normalized spacial score (nSPS) is 18.5. The lowest BCUT2D eigenvalue weighted by atomic mass is 9.88. The van der Waals surface area contributed by atoms with Crippen molar-refractivity contribution >= 4 is 39.4 Å². The molecule has 6 rings (SSSR count). The molecule has 45 heavy (non-hydrogen) atoms. The standard InChI is InChI=1S/C32H40N8O4S/c1-20(2)45(42)31-28(36-37-39(31)5)19-40-29-23(16-27(30(40)41)21(3)22-11-14-43-15-12-22)17-33-32(35-29)34-24-6-8-25(9-7-24)44-26-10-13-38(4)18-26/h6-9,16-17,20,22,26H,3,10-15,18-19H2,1-2,4-5H3,(H,33,34,35). The largest absolute Gasteiger partial charge is 0.610 e. The molecule has 0 amide bonds. The number of nitrogens with zero attached hydrogens (tertiary/aromatic N) is 7. The molecule has 2 aliphatic heterocycles. The van der Waals surface area contributed by atoms with Crippen LogP contribution in [0.5, 0.6) is 5.75 Å². The van der Waals surface area contributed by atoms with Crippen molar-refractivity contribution in [2.45, 2.75) is 56.0 Å². The van der Waals surface area contributed by atoms with Crippen LogP contribution in [0.4, 0.5) is 11.6 Å². The minimum atomic E-state index is -1.36. The second-order valence-corrected chi connectivity index (χ2v) is 14.0. The molecule has 13 heteroatoms. The Hall–Kier alpha value is -3.78. The Morgan fingerprint density at radius 2 is 1.96 bits per heavy atom. The molecule has 1 N–H and O–H groups in total. The first-order valence-corrected chi connectivity index (χ1v) is 16.6. The van der Waals surface area contributed by atoms with E-state index in [2.05, 4.69) is 39.1 Å². The summed E-state index contributed by atoms with van der Waals surface area (Å²) in [5, 5.41) is 12.7. The lowest BCUT2D eigenvalue weighted by molar-refractivity contribution is 0.0808. The van der Waals surface area contributed by atoms with Gasteiger partial charge in [-0.3, -0.25) is 9.36 Å². The highest BCUT2D eigenvalue weighted by Crippen LogP contribution is 2.30. The molecule has 2 atom stereocenters. The van der Waals surface area contributed by atoms with E-state index in [1.54, 1.807) is 17.8 Å². The molecule has 4 aromatic rings.